The molecule has 0 N–H and O–H groups in total. The molecule has 1 saturated heterocycles. The fourth-order valence-corrected chi connectivity index (χ4v) is 5.08. The van der Waals surface area contributed by atoms with E-state index in [0.717, 1.165) is 19.3 Å². The lowest BCUT2D eigenvalue weighted by molar-refractivity contribution is -0.157. The molecule has 1 aromatic rings. The van der Waals surface area contributed by atoms with Crippen LogP contribution in [0.25, 0.3) is 0 Å². The third-order valence-corrected chi connectivity index (χ3v) is 7.09. The Bertz CT molecular complexity index is 585. The summed E-state index contributed by atoms with van der Waals surface area (Å²) in [5.41, 5.74) is 1.21. The van der Waals surface area contributed by atoms with Crippen molar-refractivity contribution in [2.75, 3.05) is 13.2 Å². The Morgan fingerprint density at radius 2 is 1.56 bits per heavy atom. The van der Waals surface area contributed by atoms with Crippen LogP contribution in [0.4, 0.5) is 0 Å². The highest BCUT2D eigenvalue weighted by Crippen LogP contribution is 2.34. The number of hydrogen-bond acceptors (Lipinski definition) is 3. The molecule has 0 spiro atoms. The van der Waals surface area contributed by atoms with Gasteiger partial charge in [0, 0.05) is 6.61 Å². The topological polar surface area (TPSA) is 35.5 Å². The average Bonchev–Trinajstić information content (AvgIpc) is 2.81. The first kappa shape index (κ1) is 26.9. The van der Waals surface area contributed by atoms with Crippen LogP contribution >= 0.6 is 0 Å². The number of carbonyl (C=O) groups excluding carboxylic acids is 1. The molecule has 0 amide bonds. The molecule has 0 radical (unpaired) electrons. The molecule has 0 aromatic heterocycles. The summed E-state index contributed by atoms with van der Waals surface area (Å²) >= 11 is 0. The van der Waals surface area contributed by atoms with Crippen molar-refractivity contribution in [3.05, 3.63) is 35.9 Å². The summed E-state index contributed by atoms with van der Waals surface area (Å²) in [4.78, 5) is 12.5. The van der Waals surface area contributed by atoms with E-state index < -0.39 is 0 Å². The molecule has 0 aliphatic carbocycles. The highest BCUT2D eigenvalue weighted by Gasteiger charge is 2.34. The van der Waals surface area contributed by atoms with E-state index in [4.69, 9.17) is 9.47 Å². The normalized spacial score (nSPS) is 18.3. The molecule has 3 unspecified atom stereocenters. The minimum atomic E-state index is 0.0271. The van der Waals surface area contributed by atoms with Gasteiger partial charge in [0.15, 0.2) is 0 Å². The molecule has 3 nitrogen and oxygen atoms in total. The van der Waals surface area contributed by atoms with Crippen molar-refractivity contribution in [1.82, 2.24) is 0 Å². The van der Waals surface area contributed by atoms with Gasteiger partial charge in [-0.25, -0.2) is 0 Å². The predicted octanol–water partition coefficient (Wildman–Crippen LogP) is 8.11. The third kappa shape index (κ3) is 11.0. The van der Waals surface area contributed by atoms with E-state index in [1.165, 1.54) is 76.2 Å². The quantitative estimate of drug-likeness (QED) is 0.169. The van der Waals surface area contributed by atoms with E-state index in [0.29, 0.717) is 31.7 Å². The van der Waals surface area contributed by atoms with Crippen LogP contribution in [0.3, 0.4) is 0 Å². The first-order valence-electron chi connectivity index (χ1n) is 13.5. The van der Waals surface area contributed by atoms with Gasteiger partial charge < -0.3 is 9.47 Å². The summed E-state index contributed by atoms with van der Waals surface area (Å²) in [5, 5.41) is 0. The second kappa shape index (κ2) is 17.2. The molecule has 2 rings (SSSR count). The van der Waals surface area contributed by atoms with Gasteiger partial charge in [-0.2, -0.15) is 0 Å². The van der Waals surface area contributed by atoms with Crippen LogP contribution < -0.4 is 0 Å². The third-order valence-electron chi connectivity index (χ3n) is 7.09. The first-order valence-corrected chi connectivity index (χ1v) is 13.5. The Kier molecular flexibility index (Phi) is 14.4. The van der Waals surface area contributed by atoms with Crippen LogP contribution in [-0.2, 0) is 20.9 Å². The van der Waals surface area contributed by atoms with E-state index in [1.807, 2.05) is 6.07 Å². The van der Waals surface area contributed by atoms with Gasteiger partial charge in [-0.3, -0.25) is 4.79 Å². The van der Waals surface area contributed by atoms with Crippen molar-refractivity contribution in [3.63, 3.8) is 0 Å². The summed E-state index contributed by atoms with van der Waals surface area (Å²) in [5.74, 6) is 0.830. The summed E-state index contributed by atoms with van der Waals surface area (Å²) in [6, 6.07) is 10.3. The van der Waals surface area contributed by atoms with E-state index in [-0.39, 0.29) is 11.9 Å². The SMILES string of the molecule is CCCCCCCCCCCCCC(C(C)COCc1ccccc1)C1CCCOC1=O. The highest BCUT2D eigenvalue weighted by molar-refractivity contribution is 5.73. The van der Waals surface area contributed by atoms with Gasteiger partial charge in [0.2, 0.25) is 0 Å². The van der Waals surface area contributed by atoms with E-state index in [1.54, 1.807) is 0 Å². The van der Waals surface area contributed by atoms with Crippen molar-refractivity contribution in [2.24, 2.45) is 17.8 Å². The largest absolute Gasteiger partial charge is 0.465 e. The fraction of sp³-hybridized carbons (Fsp3) is 0.759. The number of esters is 1. The molecule has 1 heterocycles. The minimum Gasteiger partial charge on any atom is -0.465 e. The molecule has 1 aliphatic rings. The Labute approximate surface area is 197 Å². The number of rotatable bonds is 18. The number of carbonyl (C=O) groups is 1. The molecule has 0 saturated carbocycles. The molecule has 1 aliphatic heterocycles. The van der Waals surface area contributed by atoms with Crippen molar-refractivity contribution in [1.29, 1.82) is 0 Å². The first-order chi connectivity index (χ1) is 15.7. The summed E-state index contributed by atoms with van der Waals surface area (Å²) in [7, 11) is 0. The zero-order chi connectivity index (χ0) is 22.9. The van der Waals surface area contributed by atoms with Crippen molar-refractivity contribution in [3.8, 4) is 0 Å². The van der Waals surface area contributed by atoms with Gasteiger partial charge in [0.25, 0.3) is 0 Å². The van der Waals surface area contributed by atoms with Gasteiger partial charge >= 0.3 is 5.97 Å². The average molecular weight is 445 g/mol. The number of benzene rings is 1. The molecule has 1 fully saturated rings. The standard InChI is InChI=1S/C29H48O3/c1-3-4-5-6-7-8-9-10-11-12-16-20-27(28-21-17-22-32-29(28)30)25(2)23-31-24-26-18-14-13-15-19-26/h13-15,18-19,25,27-28H,3-12,16-17,20-24H2,1-2H3. The Balaban J connectivity index is 1.67. The summed E-state index contributed by atoms with van der Waals surface area (Å²) in [6.07, 6.45) is 18.0. The monoisotopic (exact) mass is 444 g/mol. The van der Waals surface area contributed by atoms with Crippen molar-refractivity contribution < 1.29 is 14.3 Å². The van der Waals surface area contributed by atoms with Gasteiger partial charge in [0.1, 0.15) is 0 Å². The van der Waals surface area contributed by atoms with Crippen LogP contribution in [0.5, 0.6) is 0 Å². The second-order valence-electron chi connectivity index (χ2n) is 9.88. The molecule has 182 valence electrons. The maximum atomic E-state index is 12.5. The zero-order valence-electron chi connectivity index (χ0n) is 20.9. The molecule has 32 heavy (non-hydrogen) atoms. The highest BCUT2D eigenvalue weighted by atomic mass is 16.5. The van der Waals surface area contributed by atoms with Gasteiger partial charge in [-0.15, -0.1) is 0 Å². The Morgan fingerprint density at radius 3 is 2.19 bits per heavy atom. The lowest BCUT2D eigenvalue weighted by Gasteiger charge is -2.33. The second-order valence-corrected chi connectivity index (χ2v) is 9.88. The van der Waals surface area contributed by atoms with Crippen LogP contribution in [0, 0.1) is 17.8 Å². The smallest absolute Gasteiger partial charge is 0.309 e. The molecule has 3 heteroatoms. The fourth-order valence-electron chi connectivity index (χ4n) is 5.08. The number of cyclic esters (lactones) is 1. The maximum absolute atomic E-state index is 12.5. The molecule has 3 atom stereocenters. The lowest BCUT2D eigenvalue weighted by atomic mass is 9.76. The predicted molar refractivity (Wildman–Crippen MR) is 134 cm³/mol. The zero-order valence-corrected chi connectivity index (χ0v) is 20.9. The molecule has 1 aromatic carbocycles. The Morgan fingerprint density at radius 1 is 0.938 bits per heavy atom. The van der Waals surface area contributed by atoms with E-state index >= 15 is 0 Å². The van der Waals surface area contributed by atoms with Crippen LogP contribution in [0.1, 0.15) is 109 Å². The van der Waals surface area contributed by atoms with Crippen LogP contribution in [0.2, 0.25) is 0 Å². The number of hydrogen-bond donors (Lipinski definition) is 0. The summed E-state index contributed by atoms with van der Waals surface area (Å²) in [6.45, 7) is 6.49. The maximum Gasteiger partial charge on any atom is 0.309 e. The van der Waals surface area contributed by atoms with Crippen LogP contribution in [0.15, 0.2) is 30.3 Å². The van der Waals surface area contributed by atoms with Crippen LogP contribution in [-0.4, -0.2) is 19.2 Å². The van der Waals surface area contributed by atoms with E-state index in [9.17, 15) is 4.79 Å². The molecular weight excluding hydrogens is 396 g/mol. The van der Waals surface area contributed by atoms with Gasteiger partial charge in [-0.05, 0) is 36.7 Å². The number of ether oxygens (including phenoxy) is 2. The minimum absolute atomic E-state index is 0.0271. The summed E-state index contributed by atoms with van der Waals surface area (Å²) < 4.78 is 11.5. The Hall–Kier alpha value is -1.35. The molecule has 0 bridgehead atoms. The van der Waals surface area contributed by atoms with Crippen molar-refractivity contribution >= 4 is 5.97 Å². The van der Waals surface area contributed by atoms with Gasteiger partial charge in [0.05, 0.1) is 19.1 Å². The van der Waals surface area contributed by atoms with Gasteiger partial charge in [-0.1, -0.05) is 115 Å². The molecular formula is C29H48O3. The lowest BCUT2D eigenvalue weighted by Crippen LogP contribution is -2.35. The van der Waals surface area contributed by atoms with E-state index in [2.05, 4.69) is 38.1 Å². The van der Waals surface area contributed by atoms with Crippen molar-refractivity contribution in [2.45, 2.75) is 110 Å². The number of unbranched alkanes of at least 4 members (excludes halogenated alkanes) is 10.